The van der Waals surface area contributed by atoms with Crippen molar-refractivity contribution in [3.8, 4) is 0 Å². The molecule has 0 bridgehead atoms. The summed E-state index contributed by atoms with van der Waals surface area (Å²) in [5.74, 6) is 0. The van der Waals surface area contributed by atoms with Gasteiger partial charge in [0.05, 0.1) is 72.2 Å². The SMILES string of the molecule is OCc1ccc(N2CCNC[C@H]2c2ccc(Cl)cc2)c(Cl)c1.[C-]#[N+]c1ccc([C@@H](C)N2CCN(c3ccc(CO)cc3Cl)[C@H](c3ccc(Cl)cc3)C2)cc1.[C-]#[N+]c1ccc([C@H](C)OS(C)(=O)=O)cc1. The summed E-state index contributed by atoms with van der Waals surface area (Å²) in [7, 11) is -3.45. The van der Waals surface area contributed by atoms with Crippen molar-refractivity contribution in [1.82, 2.24) is 10.2 Å². The first-order valence-corrected chi connectivity index (χ1v) is 25.5. The van der Waals surface area contributed by atoms with Crippen molar-refractivity contribution < 1.29 is 22.8 Å². The standard InChI is InChI=1S/C26H25Cl2N3O.C17H18Cl2N2O.C10H11NO3S/c1-18(20-6-10-23(29-2)11-7-20)30-13-14-31(25-12-3-19(17-32)15-24(25)28)26(16-30)21-4-8-22(27)9-5-21;18-14-4-2-13(3-5-14)17-10-20-7-8-21(17)16-6-1-12(11-22)9-15(16)19;1-8(14-15(3,12)13)9-4-6-10(11-2)7-5-9/h3-12,15,18,26,32H,13-14,16-17H2,1H3;1-6,9,17,20,22H,7-8,10-11H2;4-8H,1,3H3/t18-,26+;17-;8-/m100/s1. The van der Waals surface area contributed by atoms with Crippen LogP contribution >= 0.6 is 46.4 Å². The molecule has 360 valence electrons. The number of anilines is 2. The Hall–Kier alpha value is -5.19. The van der Waals surface area contributed by atoms with Crippen LogP contribution < -0.4 is 15.1 Å². The Morgan fingerprint density at radius 2 is 1.12 bits per heavy atom. The maximum Gasteiger partial charge on any atom is 0.264 e. The van der Waals surface area contributed by atoms with Crippen molar-refractivity contribution in [2.24, 2.45) is 0 Å². The van der Waals surface area contributed by atoms with Crippen LogP contribution in [0.3, 0.4) is 0 Å². The zero-order valence-electron chi connectivity index (χ0n) is 38.4. The summed E-state index contributed by atoms with van der Waals surface area (Å²) in [6.45, 7) is 23.0. The molecule has 6 aromatic carbocycles. The molecule has 2 fully saturated rings. The van der Waals surface area contributed by atoms with E-state index in [1.54, 1.807) is 31.2 Å². The van der Waals surface area contributed by atoms with Crippen LogP contribution in [0.5, 0.6) is 0 Å². The fourth-order valence-corrected chi connectivity index (χ4v) is 9.84. The van der Waals surface area contributed by atoms with Gasteiger partial charge in [-0.05, 0) is 95.8 Å². The van der Waals surface area contributed by atoms with Crippen LogP contribution in [-0.4, -0.2) is 69.1 Å². The fourth-order valence-electron chi connectivity index (χ4n) is 8.33. The van der Waals surface area contributed by atoms with E-state index in [1.807, 2.05) is 84.9 Å². The lowest BCUT2D eigenvalue weighted by Gasteiger charge is -2.45. The summed E-state index contributed by atoms with van der Waals surface area (Å²) >= 11 is 25.2. The zero-order valence-corrected chi connectivity index (χ0v) is 42.3. The Labute approximate surface area is 426 Å². The molecule has 2 aliphatic rings. The molecule has 2 saturated heterocycles. The highest BCUT2D eigenvalue weighted by Gasteiger charge is 2.32. The maximum absolute atomic E-state index is 10.9. The molecule has 16 heteroatoms. The van der Waals surface area contributed by atoms with E-state index in [2.05, 4.69) is 60.9 Å². The number of piperazine rings is 2. The molecule has 11 nitrogen and oxygen atoms in total. The first-order chi connectivity index (χ1) is 33.1. The summed E-state index contributed by atoms with van der Waals surface area (Å²) in [6, 6.07) is 42.5. The van der Waals surface area contributed by atoms with Gasteiger partial charge in [0, 0.05) is 55.4 Å². The van der Waals surface area contributed by atoms with E-state index in [4.69, 9.17) is 63.7 Å². The van der Waals surface area contributed by atoms with Gasteiger partial charge in [-0.15, -0.1) is 0 Å². The second-order valence-electron chi connectivity index (χ2n) is 16.6. The van der Waals surface area contributed by atoms with Crippen LogP contribution in [-0.2, 0) is 27.5 Å². The van der Waals surface area contributed by atoms with Gasteiger partial charge in [0.15, 0.2) is 11.4 Å². The summed E-state index contributed by atoms with van der Waals surface area (Å²) < 4.78 is 26.5. The van der Waals surface area contributed by atoms with Gasteiger partial charge in [0.25, 0.3) is 10.1 Å². The van der Waals surface area contributed by atoms with Gasteiger partial charge >= 0.3 is 0 Å². The average Bonchev–Trinajstić information content (AvgIpc) is 3.36. The van der Waals surface area contributed by atoms with Crippen LogP contribution in [0.25, 0.3) is 9.69 Å². The molecule has 8 rings (SSSR count). The Morgan fingerprint density at radius 3 is 1.57 bits per heavy atom. The van der Waals surface area contributed by atoms with Gasteiger partial charge in [-0.25, -0.2) is 9.69 Å². The Kier molecular flexibility index (Phi) is 19.3. The van der Waals surface area contributed by atoms with Crippen LogP contribution in [0, 0.1) is 13.1 Å². The zero-order chi connectivity index (χ0) is 49.7. The molecular weight excluding hydrogens is 974 g/mol. The van der Waals surface area contributed by atoms with Crippen molar-refractivity contribution in [2.45, 2.75) is 51.3 Å². The van der Waals surface area contributed by atoms with E-state index in [-0.39, 0.29) is 31.3 Å². The minimum absolute atomic E-state index is 0.00215. The third-order valence-electron chi connectivity index (χ3n) is 12.0. The second kappa shape index (κ2) is 25.1. The normalized spacial score (nSPS) is 17.0. The van der Waals surface area contributed by atoms with Crippen molar-refractivity contribution in [2.75, 3.05) is 55.3 Å². The third kappa shape index (κ3) is 14.7. The van der Waals surface area contributed by atoms with E-state index >= 15 is 0 Å². The van der Waals surface area contributed by atoms with E-state index in [9.17, 15) is 18.6 Å². The minimum Gasteiger partial charge on any atom is -0.392 e. The van der Waals surface area contributed by atoms with Crippen molar-refractivity contribution >= 4 is 79.3 Å². The Bertz CT molecular complexity index is 2830. The lowest BCUT2D eigenvalue weighted by Crippen LogP contribution is -2.49. The van der Waals surface area contributed by atoms with Crippen molar-refractivity contribution in [3.05, 3.63) is 210 Å². The third-order valence-corrected chi connectivity index (χ3v) is 13.8. The molecule has 0 unspecified atom stereocenters. The summed E-state index contributed by atoms with van der Waals surface area (Å²) in [6.07, 6.45) is 0.483. The number of hydrogen-bond acceptors (Lipinski definition) is 9. The van der Waals surface area contributed by atoms with Crippen LogP contribution in [0.1, 0.15) is 71.5 Å². The van der Waals surface area contributed by atoms with Crippen LogP contribution in [0.15, 0.2) is 133 Å². The molecule has 2 heterocycles. The lowest BCUT2D eigenvalue weighted by molar-refractivity contribution is 0.171. The lowest BCUT2D eigenvalue weighted by atomic mass is 9.98. The predicted molar refractivity (Wildman–Crippen MR) is 280 cm³/mol. The molecule has 0 spiro atoms. The number of nitrogens with zero attached hydrogens (tertiary/aromatic N) is 5. The minimum atomic E-state index is -3.45. The Balaban J connectivity index is 0.000000183. The fraction of sp³-hybridized carbons (Fsp3) is 0.283. The number of nitrogens with one attached hydrogen (secondary N) is 1. The first kappa shape index (κ1) is 53.2. The average molecular weight is 1030 g/mol. The van der Waals surface area contributed by atoms with Gasteiger partial charge in [-0.3, -0.25) is 9.08 Å². The summed E-state index contributed by atoms with van der Waals surface area (Å²) in [5, 5.41) is 24.9. The molecule has 6 aromatic rings. The van der Waals surface area contributed by atoms with Crippen molar-refractivity contribution in [3.63, 3.8) is 0 Å². The highest BCUT2D eigenvalue weighted by atomic mass is 35.5. The highest BCUT2D eigenvalue weighted by molar-refractivity contribution is 7.86. The molecule has 2 aliphatic heterocycles. The molecule has 0 radical (unpaired) electrons. The molecule has 0 aliphatic carbocycles. The van der Waals surface area contributed by atoms with Crippen LogP contribution in [0.2, 0.25) is 20.1 Å². The van der Waals surface area contributed by atoms with Gasteiger partial charge in [0.1, 0.15) is 0 Å². The number of hydrogen-bond donors (Lipinski definition) is 3. The number of aliphatic hydroxyl groups excluding tert-OH is 2. The van der Waals surface area contributed by atoms with Crippen molar-refractivity contribution in [1.29, 1.82) is 0 Å². The van der Waals surface area contributed by atoms with Crippen LogP contribution in [0.4, 0.5) is 22.7 Å². The van der Waals surface area contributed by atoms with E-state index in [0.717, 1.165) is 78.6 Å². The second-order valence-corrected chi connectivity index (χ2v) is 19.9. The quantitative estimate of drug-likeness (QED) is 0.0862. The summed E-state index contributed by atoms with van der Waals surface area (Å²) in [4.78, 5) is 13.9. The first-order valence-electron chi connectivity index (χ1n) is 22.2. The number of benzene rings is 6. The molecule has 0 aromatic heterocycles. The molecule has 0 saturated carbocycles. The van der Waals surface area contributed by atoms with E-state index < -0.39 is 16.2 Å². The molecule has 4 atom stereocenters. The predicted octanol–water partition coefficient (Wildman–Crippen LogP) is 12.6. The molecule has 3 N–H and O–H groups in total. The highest BCUT2D eigenvalue weighted by Crippen LogP contribution is 2.39. The monoisotopic (exact) mass is 1030 g/mol. The smallest absolute Gasteiger partial charge is 0.264 e. The summed E-state index contributed by atoms with van der Waals surface area (Å²) in [5.41, 5.74) is 9.09. The molecule has 0 amide bonds. The van der Waals surface area contributed by atoms with Gasteiger partial charge in [-0.1, -0.05) is 131 Å². The number of aliphatic hydroxyl groups is 2. The van der Waals surface area contributed by atoms with Gasteiger partial charge in [0.2, 0.25) is 0 Å². The largest absolute Gasteiger partial charge is 0.392 e. The maximum atomic E-state index is 10.9. The van der Waals surface area contributed by atoms with Gasteiger partial charge < -0.3 is 25.3 Å². The molecular formula is C53H54Cl4N6O5S. The van der Waals surface area contributed by atoms with E-state index in [1.165, 1.54) is 16.7 Å². The molecule has 69 heavy (non-hydrogen) atoms. The Morgan fingerprint density at radius 1 is 0.652 bits per heavy atom. The van der Waals surface area contributed by atoms with E-state index in [0.29, 0.717) is 26.4 Å². The number of rotatable bonds is 11. The number of halogens is 4. The van der Waals surface area contributed by atoms with Gasteiger partial charge in [-0.2, -0.15) is 8.42 Å². The topological polar surface area (TPSA) is 114 Å².